The van der Waals surface area contributed by atoms with Gasteiger partial charge in [-0.25, -0.2) is 0 Å². The molecule has 1 saturated carbocycles. The molecule has 0 heterocycles. The molecule has 0 aromatic rings. The number of hydrogen-bond donors (Lipinski definition) is 0. The van der Waals surface area contributed by atoms with Crippen LogP contribution in [0.15, 0.2) is 0 Å². The van der Waals surface area contributed by atoms with Crippen molar-refractivity contribution in [3.63, 3.8) is 0 Å². The van der Waals surface area contributed by atoms with E-state index in [2.05, 4.69) is 48.5 Å². The Morgan fingerprint density at radius 1 is 0.850 bits per heavy atom. The Bertz CT molecular complexity index is 259. The van der Waals surface area contributed by atoms with Crippen molar-refractivity contribution < 1.29 is 9.16 Å². The van der Waals surface area contributed by atoms with Crippen LogP contribution in [0.5, 0.6) is 0 Å². The van der Waals surface area contributed by atoms with Crippen LogP contribution in [0.3, 0.4) is 0 Å². The van der Waals surface area contributed by atoms with Crippen molar-refractivity contribution in [2.24, 2.45) is 0 Å². The largest absolute Gasteiger partial charge is 0.394 e. The monoisotopic (exact) mass is 300 g/mol. The zero-order chi connectivity index (χ0) is 15.4. The van der Waals surface area contributed by atoms with Crippen molar-refractivity contribution in [2.45, 2.75) is 103 Å². The minimum Gasteiger partial charge on any atom is -0.394 e. The van der Waals surface area contributed by atoms with Gasteiger partial charge in [-0.3, -0.25) is 0 Å². The Balaban J connectivity index is 2.63. The van der Waals surface area contributed by atoms with E-state index in [1.165, 1.54) is 32.1 Å². The average molecular weight is 301 g/mol. The highest BCUT2D eigenvalue weighted by Crippen LogP contribution is 2.42. The Labute approximate surface area is 127 Å². The molecule has 120 valence electrons. The molecule has 2 nitrogen and oxygen atoms in total. The predicted molar refractivity (Wildman–Crippen MR) is 89.6 cm³/mol. The topological polar surface area (TPSA) is 18.5 Å². The molecular weight excluding hydrogens is 264 g/mol. The van der Waals surface area contributed by atoms with E-state index in [9.17, 15) is 0 Å². The first-order chi connectivity index (χ1) is 9.24. The van der Waals surface area contributed by atoms with E-state index in [0.29, 0.717) is 23.4 Å². The summed E-state index contributed by atoms with van der Waals surface area (Å²) in [6.07, 6.45) is 6.35. The van der Waals surface area contributed by atoms with Crippen molar-refractivity contribution in [1.82, 2.24) is 0 Å². The van der Waals surface area contributed by atoms with Gasteiger partial charge in [0.2, 0.25) is 8.32 Å². The maximum absolute atomic E-state index is 6.50. The SMILES string of the molecule is CC(C)[Si](OCOC1(C)CCCCC1)(C(C)C)C(C)C. The first-order valence-electron chi connectivity index (χ1n) is 8.52. The zero-order valence-corrected chi connectivity index (χ0v) is 15.8. The molecule has 3 heteroatoms. The Kier molecular flexibility index (Phi) is 6.74. The van der Waals surface area contributed by atoms with E-state index >= 15 is 0 Å². The van der Waals surface area contributed by atoms with Gasteiger partial charge < -0.3 is 9.16 Å². The smallest absolute Gasteiger partial charge is 0.203 e. The highest BCUT2D eigenvalue weighted by Gasteiger charge is 2.45. The second kappa shape index (κ2) is 7.41. The lowest BCUT2D eigenvalue weighted by atomic mass is 9.86. The molecule has 0 aliphatic heterocycles. The molecule has 0 unspecified atom stereocenters. The lowest BCUT2D eigenvalue weighted by Gasteiger charge is -2.43. The van der Waals surface area contributed by atoms with Crippen LogP contribution in [0.1, 0.15) is 80.6 Å². The van der Waals surface area contributed by atoms with Crippen LogP contribution in [-0.4, -0.2) is 20.7 Å². The van der Waals surface area contributed by atoms with Crippen molar-refractivity contribution in [2.75, 3.05) is 6.79 Å². The fraction of sp³-hybridized carbons (Fsp3) is 1.00. The van der Waals surface area contributed by atoms with Crippen molar-refractivity contribution in [3.05, 3.63) is 0 Å². The second-order valence-electron chi connectivity index (χ2n) is 7.73. The van der Waals surface area contributed by atoms with Crippen LogP contribution in [-0.2, 0) is 9.16 Å². The van der Waals surface area contributed by atoms with Gasteiger partial charge in [0.25, 0.3) is 0 Å². The number of ether oxygens (including phenoxy) is 1. The van der Waals surface area contributed by atoms with Gasteiger partial charge in [-0.05, 0) is 36.4 Å². The number of rotatable bonds is 7. The zero-order valence-electron chi connectivity index (χ0n) is 14.8. The maximum Gasteiger partial charge on any atom is 0.203 e. The van der Waals surface area contributed by atoms with Crippen LogP contribution in [0.25, 0.3) is 0 Å². The minimum atomic E-state index is -1.77. The molecule has 0 spiro atoms. The van der Waals surface area contributed by atoms with Crippen LogP contribution < -0.4 is 0 Å². The molecule has 0 atom stereocenters. The molecule has 20 heavy (non-hydrogen) atoms. The van der Waals surface area contributed by atoms with E-state index in [4.69, 9.17) is 9.16 Å². The summed E-state index contributed by atoms with van der Waals surface area (Å²) in [5.74, 6) is 0. The summed E-state index contributed by atoms with van der Waals surface area (Å²) >= 11 is 0. The normalized spacial score (nSPS) is 20.1. The van der Waals surface area contributed by atoms with Crippen molar-refractivity contribution in [1.29, 1.82) is 0 Å². The van der Waals surface area contributed by atoms with Gasteiger partial charge in [-0.15, -0.1) is 0 Å². The lowest BCUT2D eigenvalue weighted by molar-refractivity contribution is -0.118. The molecule has 1 aliphatic rings. The van der Waals surface area contributed by atoms with Crippen LogP contribution in [0.2, 0.25) is 16.6 Å². The van der Waals surface area contributed by atoms with Gasteiger partial charge in [-0.2, -0.15) is 0 Å². The highest BCUT2D eigenvalue weighted by molar-refractivity contribution is 6.77. The van der Waals surface area contributed by atoms with E-state index in [1.54, 1.807) is 0 Å². The molecular formula is C17H36O2Si. The van der Waals surface area contributed by atoms with Crippen LogP contribution in [0.4, 0.5) is 0 Å². The van der Waals surface area contributed by atoms with Crippen molar-refractivity contribution in [3.8, 4) is 0 Å². The third-order valence-corrected chi connectivity index (χ3v) is 11.4. The molecule has 0 aromatic carbocycles. The van der Waals surface area contributed by atoms with Crippen LogP contribution >= 0.6 is 0 Å². The van der Waals surface area contributed by atoms with Gasteiger partial charge in [0.05, 0.1) is 5.60 Å². The Hall–Kier alpha value is 0.137. The number of hydrogen-bond acceptors (Lipinski definition) is 2. The maximum atomic E-state index is 6.50. The third-order valence-electron chi connectivity index (χ3n) is 5.33. The molecule has 0 bridgehead atoms. The van der Waals surface area contributed by atoms with E-state index in [1.807, 2.05) is 0 Å². The lowest BCUT2D eigenvalue weighted by Crippen LogP contribution is -2.49. The van der Waals surface area contributed by atoms with E-state index in [-0.39, 0.29) is 5.60 Å². The van der Waals surface area contributed by atoms with Crippen LogP contribution in [0, 0.1) is 0 Å². The van der Waals surface area contributed by atoms with Crippen molar-refractivity contribution >= 4 is 8.32 Å². The Morgan fingerprint density at radius 2 is 1.30 bits per heavy atom. The van der Waals surface area contributed by atoms with Gasteiger partial charge in [-0.1, -0.05) is 60.8 Å². The first-order valence-corrected chi connectivity index (χ1v) is 10.7. The summed E-state index contributed by atoms with van der Waals surface area (Å²) < 4.78 is 12.7. The highest BCUT2D eigenvalue weighted by atomic mass is 28.4. The molecule has 0 N–H and O–H groups in total. The summed E-state index contributed by atoms with van der Waals surface area (Å²) in [7, 11) is -1.77. The summed E-state index contributed by atoms with van der Waals surface area (Å²) in [6.45, 7) is 16.7. The molecule has 1 fully saturated rings. The quantitative estimate of drug-likeness (QED) is 0.432. The summed E-state index contributed by atoms with van der Waals surface area (Å²) in [6, 6.07) is 0. The molecule has 0 radical (unpaired) electrons. The van der Waals surface area contributed by atoms with Gasteiger partial charge in [0.15, 0.2) is 0 Å². The molecule has 0 saturated heterocycles. The van der Waals surface area contributed by atoms with E-state index in [0.717, 1.165) is 0 Å². The minimum absolute atomic E-state index is 0.0589. The van der Waals surface area contributed by atoms with Gasteiger partial charge >= 0.3 is 0 Å². The fourth-order valence-electron chi connectivity index (χ4n) is 4.22. The van der Waals surface area contributed by atoms with E-state index < -0.39 is 8.32 Å². The Morgan fingerprint density at radius 3 is 1.70 bits per heavy atom. The fourth-order valence-corrected chi connectivity index (χ4v) is 9.48. The standard InChI is InChI=1S/C17H36O2Si/c1-14(2)20(15(3)4,16(5)6)19-13-18-17(7)11-9-8-10-12-17/h14-16H,8-13H2,1-7H3. The third kappa shape index (κ3) is 4.08. The average Bonchev–Trinajstić information content (AvgIpc) is 2.34. The second-order valence-corrected chi connectivity index (χ2v) is 13.2. The molecule has 1 aliphatic carbocycles. The molecule has 1 rings (SSSR count). The van der Waals surface area contributed by atoms with Gasteiger partial charge in [0.1, 0.15) is 6.79 Å². The summed E-state index contributed by atoms with van der Waals surface area (Å²) in [5, 5.41) is 0. The summed E-state index contributed by atoms with van der Waals surface area (Å²) in [4.78, 5) is 0. The summed E-state index contributed by atoms with van der Waals surface area (Å²) in [5.41, 5.74) is 1.95. The first kappa shape index (κ1) is 18.2. The predicted octanol–water partition coefficient (Wildman–Crippen LogP) is 5.88. The van der Waals surface area contributed by atoms with Gasteiger partial charge in [0, 0.05) is 0 Å². The molecule has 0 amide bonds. The molecule has 0 aromatic heterocycles.